The molecule has 1 aromatic heterocycles. The van der Waals surface area contributed by atoms with Crippen LogP contribution in [0.5, 0.6) is 12.0 Å². The zero-order valence-corrected chi connectivity index (χ0v) is 16.0. The molecular formula is C10H14KN5O6. The van der Waals surface area contributed by atoms with Crippen molar-refractivity contribution in [3.63, 3.8) is 0 Å². The second kappa shape index (κ2) is 9.14. The largest absolute Gasteiger partial charge is 1.00 e. The predicted octanol–water partition coefficient (Wildman–Crippen LogP) is -2.16. The minimum Gasteiger partial charge on any atom is -0.461 e. The van der Waals surface area contributed by atoms with Crippen LogP contribution in [0, 0.1) is 26.4 Å². The van der Waals surface area contributed by atoms with E-state index in [0.717, 1.165) is 0 Å². The van der Waals surface area contributed by atoms with E-state index in [9.17, 15) is 20.2 Å². The summed E-state index contributed by atoms with van der Waals surface area (Å²) < 4.78 is 10.4. The smallest absolute Gasteiger partial charge is 0.461 e. The Hall–Kier alpha value is -1.08. The number of ether oxygens (including phenoxy) is 2. The topological polar surface area (TPSA) is 143 Å². The second-order valence-corrected chi connectivity index (χ2v) is 4.40. The van der Waals surface area contributed by atoms with Gasteiger partial charge in [0.15, 0.2) is 0 Å². The van der Waals surface area contributed by atoms with Crippen LogP contribution in [-0.4, -0.2) is 37.0 Å². The van der Waals surface area contributed by atoms with Gasteiger partial charge in [-0.15, -0.1) is 4.98 Å². The monoisotopic (exact) mass is 339 g/mol. The number of hydrogen-bond donors (Lipinski definition) is 0. The number of aromatic nitrogens is 3. The molecule has 0 unspecified atom stereocenters. The van der Waals surface area contributed by atoms with Crippen LogP contribution >= 0.6 is 0 Å². The standard InChI is InChI=1S/C10H14N5O6.K/c1-5(2)20-9-11-7(8(14(16)17)15(18)19)12-10(13-9)21-6(3)4;/h5-6H,1-4H3;/q-1;+1. The number of nitrogens with zero attached hydrogens (tertiary/aromatic N) is 5. The van der Waals surface area contributed by atoms with Crippen molar-refractivity contribution in [3.05, 3.63) is 32.2 Å². The molecule has 1 aromatic rings. The van der Waals surface area contributed by atoms with Crippen molar-refractivity contribution in [1.29, 1.82) is 0 Å². The number of hydrogen-bond acceptors (Lipinski definition) is 9. The van der Waals surface area contributed by atoms with Crippen LogP contribution < -0.4 is 60.9 Å². The summed E-state index contributed by atoms with van der Waals surface area (Å²) >= 11 is 0. The molecule has 22 heavy (non-hydrogen) atoms. The van der Waals surface area contributed by atoms with Gasteiger partial charge in [0.1, 0.15) is 5.82 Å². The van der Waals surface area contributed by atoms with Crippen molar-refractivity contribution in [2.45, 2.75) is 39.9 Å². The van der Waals surface area contributed by atoms with Crippen molar-refractivity contribution < 1.29 is 70.7 Å². The SMILES string of the molecule is CC(C)Oc1nc(OC(C)C)nc([C-]([N+](=O)[O-])[N+](=O)[O-])n1.[K+]. The quantitative estimate of drug-likeness (QED) is 0.235. The van der Waals surface area contributed by atoms with Gasteiger partial charge < -0.3 is 9.47 Å². The van der Waals surface area contributed by atoms with Crippen LogP contribution in [0.4, 0.5) is 0 Å². The van der Waals surface area contributed by atoms with Gasteiger partial charge in [-0.05, 0) is 37.5 Å². The summed E-state index contributed by atoms with van der Waals surface area (Å²) in [6.45, 7) is 6.71. The Labute approximate surface area is 168 Å². The molecule has 0 amide bonds. The van der Waals surface area contributed by atoms with Crippen molar-refractivity contribution in [3.8, 4) is 12.0 Å². The van der Waals surface area contributed by atoms with Crippen LogP contribution in [0.15, 0.2) is 0 Å². The zero-order chi connectivity index (χ0) is 16.2. The van der Waals surface area contributed by atoms with E-state index < -0.39 is 21.8 Å². The van der Waals surface area contributed by atoms with Crippen LogP contribution in [-0.2, 0) is 0 Å². The molecule has 1 rings (SSSR count). The van der Waals surface area contributed by atoms with Crippen molar-refractivity contribution in [1.82, 2.24) is 15.0 Å². The Kier molecular flexibility index (Phi) is 8.69. The van der Waals surface area contributed by atoms with Crippen LogP contribution in [0.2, 0.25) is 0 Å². The molecule has 0 atom stereocenters. The first-order valence-corrected chi connectivity index (χ1v) is 5.96. The van der Waals surface area contributed by atoms with Crippen molar-refractivity contribution in [2.24, 2.45) is 0 Å². The van der Waals surface area contributed by atoms with E-state index in [1.54, 1.807) is 27.7 Å². The maximum Gasteiger partial charge on any atom is 1.00 e. The molecule has 0 N–H and O–H groups in total. The molecule has 0 fully saturated rings. The van der Waals surface area contributed by atoms with Gasteiger partial charge in [0.2, 0.25) is 0 Å². The minimum atomic E-state index is -1.38. The molecule has 0 aromatic carbocycles. The Bertz CT molecular complexity index is 498. The minimum absolute atomic E-state index is 0. The van der Waals surface area contributed by atoms with E-state index in [4.69, 9.17) is 9.47 Å². The molecule has 11 nitrogen and oxygen atoms in total. The fraction of sp³-hybridized carbons (Fsp3) is 0.600. The molecule has 12 heteroatoms. The zero-order valence-electron chi connectivity index (χ0n) is 12.8. The molecule has 0 saturated heterocycles. The molecule has 0 bridgehead atoms. The van der Waals surface area contributed by atoms with Gasteiger partial charge in [-0.3, -0.25) is 20.2 Å². The molecule has 116 valence electrons. The van der Waals surface area contributed by atoms with E-state index in [2.05, 4.69) is 15.0 Å². The van der Waals surface area contributed by atoms with E-state index in [1.165, 1.54) is 0 Å². The molecule has 1 heterocycles. The molecule has 0 aliphatic carbocycles. The summed E-state index contributed by atoms with van der Waals surface area (Å²) in [5, 5.41) is 21.5. The summed E-state index contributed by atoms with van der Waals surface area (Å²) in [6.07, 6.45) is -2.04. The van der Waals surface area contributed by atoms with Gasteiger partial charge in [-0.1, -0.05) is 0 Å². The molecule has 0 spiro atoms. The summed E-state index contributed by atoms with van der Waals surface area (Å²) in [7, 11) is 0. The van der Waals surface area contributed by atoms with Gasteiger partial charge in [0.05, 0.1) is 12.2 Å². The predicted molar refractivity (Wildman–Crippen MR) is 67.7 cm³/mol. The maximum absolute atomic E-state index is 10.8. The van der Waals surface area contributed by atoms with Gasteiger partial charge in [0, 0.05) is 0 Å². The third-order valence-corrected chi connectivity index (χ3v) is 1.82. The molecular weight excluding hydrogens is 325 g/mol. The van der Waals surface area contributed by atoms with E-state index in [1.807, 2.05) is 0 Å². The average molecular weight is 339 g/mol. The molecule has 0 aliphatic rings. The Morgan fingerprint density at radius 3 is 1.55 bits per heavy atom. The van der Waals surface area contributed by atoms with Gasteiger partial charge >= 0.3 is 69.6 Å². The summed E-state index contributed by atoms with van der Waals surface area (Å²) in [6, 6.07) is -0.571. The normalized spacial score (nSPS) is 10.1. The van der Waals surface area contributed by atoms with Gasteiger partial charge in [0.25, 0.3) is 0 Å². The summed E-state index contributed by atoms with van der Waals surface area (Å²) in [4.78, 5) is 30.1. The first kappa shape index (κ1) is 20.9. The maximum atomic E-state index is 10.8. The fourth-order valence-electron chi connectivity index (χ4n) is 1.20. The Balaban J connectivity index is 0.00000441. The average Bonchev–Trinajstić information content (AvgIpc) is 2.24. The van der Waals surface area contributed by atoms with Crippen LogP contribution in [0.3, 0.4) is 0 Å². The third kappa shape index (κ3) is 6.35. The first-order chi connectivity index (χ1) is 9.70. The van der Waals surface area contributed by atoms with E-state index in [0.29, 0.717) is 0 Å². The van der Waals surface area contributed by atoms with E-state index in [-0.39, 0.29) is 75.6 Å². The molecule has 0 saturated carbocycles. The fourth-order valence-corrected chi connectivity index (χ4v) is 1.20. The van der Waals surface area contributed by atoms with Crippen LogP contribution in [0.1, 0.15) is 33.5 Å². The van der Waals surface area contributed by atoms with Gasteiger partial charge in [-0.2, -0.15) is 9.97 Å². The molecule has 0 aliphatic heterocycles. The van der Waals surface area contributed by atoms with E-state index >= 15 is 0 Å². The second-order valence-electron chi connectivity index (χ2n) is 4.40. The van der Waals surface area contributed by atoms with Crippen molar-refractivity contribution >= 4 is 0 Å². The third-order valence-electron chi connectivity index (χ3n) is 1.82. The van der Waals surface area contributed by atoms with Crippen LogP contribution in [0.25, 0.3) is 0 Å². The number of nitro groups is 2. The Morgan fingerprint density at radius 2 is 1.27 bits per heavy atom. The summed E-state index contributed by atoms with van der Waals surface area (Å²) in [5.41, 5.74) is 0. The summed E-state index contributed by atoms with van der Waals surface area (Å²) in [5.74, 6) is -0.730. The van der Waals surface area contributed by atoms with Crippen molar-refractivity contribution in [2.75, 3.05) is 0 Å². The first-order valence-electron chi connectivity index (χ1n) is 5.96. The molecule has 0 radical (unpaired) electrons. The van der Waals surface area contributed by atoms with Gasteiger partial charge in [-0.25, -0.2) is 0 Å². The Morgan fingerprint density at radius 1 is 0.909 bits per heavy atom. The number of rotatable bonds is 7.